The van der Waals surface area contributed by atoms with Gasteiger partial charge in [0.2, 0.25) is 0 Å². The molecule has 0 unspecified atom stereocenters. The van der Waals surface area contributed by atoms with E-state index in [2.05, 4.69) is 50.8 Å². The second-order valence-corrected chi connectivity index (χ2v) is 6.83. The Morgan fingerprint density at radius 3 is 2.71 bits per heavy atom. The summed E-state index contributed by atoms with van der Waals surface area (Å²) in [5.74, 6) is 5.06. The number of aryl methyl sites for hydroxylation is 1. The quantitative estimate of drug-likeness (QED) is 0.276. The maximum Gasteiger partial charge on any atom is 0.329 e. The highest BCUT2D eigenvalue weighted by molar-refractivity contribution is 5.73. The number of hydrogen-bond donors (Lipinski definition) is 3. The third-order valence-electron chi connectivity index (χ3n) is 4.66. The molecule has 1 aromatic heterocycles. The van der Waals surface area contributed by atoms with Gasteiger partial charge in [0.05, 0.1) is 11.9 Å². The number of hydrazine groups is 1. The van der Waals surface area contributed by atoms with Crippen LogP contribution in [0.15, 0.2) is 54.3 Å². The SMILES string of the molecule is C\C=C/C(=C\C=C\CCc1ccc(N2CCN(C)CC2)cn1)CNC(=O)NN. The van der Waals surface area contributed by atoms with Crippen LogP contribution in [0.4, 0.5) is 10.5 Å². The number of aromatic nitrogens is 1. The van der Waals surface area contributed by atoms with Crippen LogP contribution in [0.2, 0.25) is 0 Å². The molecule has 0 bridgehead atoms. The van der Waals surface area contributed by atoms with E-state index in [1.807, 2.05) is 37.4 Å². The summed E-state index contributed by atoms with van der Waals surface area (Å²) >= 11 is 0. The average Bonchev–Trinajstić information content (AvgIpc) is 2.72. The normalized spacial score (nSPS) is 16.1. The van der Waals surface area contributed by atoms with E-state index in [0.29, 0.717) is 6.54 Å². The van der Waals surface area contributed by atoms with Crippen molar-refractivity contribution in [2.75, 3.05) is 44.7 Å². The molecule has 2 amide bonds. The second kappa shape index (κ2) is 11.9. The number of nitrogens with one attached hydrogen (secondary N) is 2. The number of carbonyl (C=O) groups excluding carboxylic acids is 1. The highest BCUT2D eigenvalue weighted by Crippen LogP contribution is 2.15. The Bertz CT molecular complexity index is 687. The average molecular weight is 385 g/mol. The summed E-state index contributed by atoms with van der Waals surface area (Å²) in [6, 6.07) is 3.90. The number of urea groups is 1. The van der Waals surface area contributed by atoms with Gasteiger partial charge in [-0.15, -0.1) is 0 Å². The van der Waals surface area contributed by atoms with E-state index in [1.165, 1.54) is 5.69 Å². The number of hydrogen-bond acceptors (Lipinski definition) is 5. The molecule has 1 aliphatic heterocycles. The Morgan fingerprint density at radius 2 is 2.07 bits per heavy atom. The van der Waals surface area contributed by atoms with Gasteiger partial charge in [0.15, 0.2) is 0 Å². The Morgan fingerprint density at radius 1 is 1.29 bits per heavy atom. The van der Waals surface area contributed by atoms with Crippen molar-refractivity contribution < 1.29 is 4.79 Å². The van der Waals surface area contributed by atoms with E-state index in [-0.39, 0.29) is 0 Å². The first-order valence-corrected chi connectivity index (χ1v) is 9.73. The Labute approximate surface area is 168 Å². The van der Waals surface area contributed by atoms with Crippen molar-refractivity contribution in [1.82, 2.24) is 20.6 Å². The first kappa shape index (κ1) is 21.7. The molecule has 1 aromatic rings. The summed E-state index contributed by atoms with van der Waals surface area (Å²) in [5.41, 5.74) is 5.36. The predicted octanol–water partition coefficient (Wildman–Crippen LogP) is 2.00. The summed E-state index contributed by atoms with van der Waals surface area (Å²) in [6.07, 6.45) is 13.8. The van der Waals surface area contributed by atoms with Crippen LogP contribution in [0.5, 0.6) is 0 Å². The number of allylic oxidation sites excluding steroid dienone is 4. The molecule has 0 atom stereocenters. The van der Waals surface area contributed by atoms with E-state index >= 15 is 0 Å². The Kier molecular flexibility index (Phi) is 9.24. The molecule has 28 heavy (non-hydrogen) atoms. The molecule has 4 N–H and O–H groups in total. The molecule has 0 aliphatic carbocycles. The molecule has 152 valence electrons. The minimum absolute atomic E-state index is 0.398. The molecule has 1 aliphatic rings. The van der Waals surface area contributed by atoms with Crippen molar-refractivity contribution in [3.8, 4) is 0 Å². The first-order chi connectivity index (χ1) is 13.6. The lowest BCUT2D eigenvalue weighted by atomic mass is 10.1. The van der Waals surface area contributed by atoms with Gasteiger partial charge in [0.1, 0.15) is 0 Å². The zero-order valence-electron chi connectivity index (χ0n) is 16.9. The maximum atomic E-state index is 11.2. The van der Waals surface area contributed by atoms with Crippen LogP contribution < -0.4 is 21.5 Å². The van der Waals surface area contributed by atoms with Crippen LogP contribution in [0.25, 0.3) is 0 Å². The number of piperazine rings is 1. The van der Waals surface area contributed by atoms with E-state index < -0.39 is 6.03 Å². The molecule has 1 saturated heterocycles. The number of nitrogens with two attached hydrogens (primary N) is 1. The van der Waals surface area contributed by atoms with Gasteiger partial charge in [0.25, 0.3) is 0 Å². The summed E-state index contributed by atoms with van der Waals surface area (Å²) in [4.78, 5) is 20.5. The third kappa shape index (κ3) is 7.54. The van der Waals surface area contributed by atoms with Crippen LogP contribution >= 0.6 is 0 Å². The molecule has 7 heteroatoms. The number of anilines is 1. The molecule has 2 rings (SSSR count). The van der Waals surface area contributed by atoms with E-state index in [9.17, 15) is 4.79 Å². The molecular weight excluding hydrogens is 352 g/mol. The number of carbonyl (C=O) groups is 1. The Hall–Kier alpha value is -2.64. The minimum atomic E-state index is -0.398. The summed E-state index contributed by atoms with van der Waals surface area (Å²) in [5, 5.41) is 2.67. The number of nitrogens with zero attached hydrogens (tertiary/aromatic N) is 3. The zero-order chi connectivity index (χ0) is 20.2. The number of likely N-dealkylation sites (N-methyl/N-ethyl adjacent to an activating group) is 1. The van der Waals surface area contributed by atoms with Crippen LogP contribution in [0.1, 0.15) is 19.0 Å². The molecule has 0 spiro atoms. The van der Waals surface area contributed by atoms with E-state index in [0.717, 1.165) is 50.3 Å². The Balaban J connectivity index is 1.78. The highest BCUT2D eigenvalue weighted by atomic mass is 16.2. The van der Waals surface area contributed by atoms with Crippen molar-refractivity contribution in [2.24, 2.45) is 5.84 Å². The predicted molar refractivity (Wildman–Crippen MR) is 115 cm³/mol. The van der Waals surface area contributed by atoms with Crippen LogP contribution in [0.3, 0.4) is 0 Å². The lowest BCUT2D eigenvalue weighted by Gasteiger charge is -2.33. The fourth-order valence-electron chi connectivity index (χ4n) is 2.96. The van der Waals surface area contributed by atoms with Crippen molar-refractivity contribution in [1.29, 1.82) is 0 Å². The van der Waals surface area contributed by atoms with Crippen LogP contribution in [0, 0.1) is 0 Å². The molecular formula is C21H32N6O. The first-order valence-electron chi connectivity index (χ1n) is 9.73. The van der Waals surface area contributed by atoms with Gasteiger partial charge in [-0.1, -0.05) is 30.4 Å². The smallest absolute Gasteiger partial charge is 0.329 e. The number of amides is 2. The van der Waals surface area contributed by atoms with Gasteiger partial charge in [0, 0.05) is 38.4 Å². The van der Waals surface area contributed by atoms with Crippen molar-refractivity contribution in [3.63, 3.8) is 0 Å². The van der Waals surface area contributed by atoms with Gasteiger partial charge in [-0.2, -0.15) is 0 Å². The van der Waals surface area contributed by atoms with Gasteiger partial charge in [-0.25, -0.2) is 10.6 Å². The summed E-state index contributed by atoms with van der Waals surface area (Å²) in [6.45, 7) is 6.68. The highest BCUT2D eigenvalue weighted by Gasteiger charge is 2.14. The summed E-state index contributed by atoms with van der Waals surface area (Å²) < 4.78 is 0. The standard InChI is InChI=1S/C21H32N6O/c1-3-7-18(16-24-21(28)25-22)8-5-4-6-9-19-10-11-20(17-23-19)27-14-12-26(2)13-15-27/h3-5,7-8,10-11,17H,6,9,12-16,22H2,1-2H3,(H2,24,25,28)/b5-4+,7-3-,18-8+. The van der Waals surface area contributed by atoms with Crippen LogP contribution in [-0.4, -0.2) is 55.7 Å². The molecule has 1 fully saturated rings. The maximum absolute atomic E-state index is 11.2. The monoisotopic (exact) mass is 384 g/mol. The lowest BCUT2D eigenvalue weighted by molar-refractivity contribution is 0.242. The van der Waals surface area contributed by atoms with Gasteiger partial charge >= 0.3 is 6.03 Å². The number of rotatable bonds is 8. The van der Waals surface area contributed by atoms with Crippen molar-refractivity contribution in [2.45, 2.75) is 19.8 Å². The molecule has 0 radical (unpaired) electrons. The number of pyridine rings is 1. The van der Waals surface area contributed by atoms with E-state index in [1.54, 1.807) is 0 Å². The van der Waals surface area contributed by atoms with Crippen molar-refractivity contribution in [3.05, 3.63) is 60.0 Å². The van der Waals surface area contributed by atoms with Crippen LogP contribution in [-0.2, 0) is 6.42 Å². The lowest BCUT2D eigenvalue weighted by Crippen LogP contribution is -2.44. The van der Waals surface area contributed by atoms with Gasteiger partial charge in [-0.3, -0.25) is 10.4 Å². The third-order valence-corrected chi connectivity index (χ3v) is 4.66. The fraction of sp³-hybridized carbons (Fsp3) is 0.429. The molecule has 7 nitrogen and oxygen atoms in total. The van der Waals surface area contributed by atoms with Gasteiger partial charge in [-0.05, 0) is 44.5 Å². The largest absolute Gasteiger partial charge is 0.368 e. The fourth-order valence-corrected chi connectivity index (χ4v) is 2.96. The molecule has 0 saturated carbocycles. The van der Waals surface area contributed by atoms with Gasteiger partial charge < -0.3 is 15.1 Å². The summed E-state index contributed by atoms with van der Waals surface area (Å²) in [7, 11) is 2.16. The zero-order valence-corrected chi connectivity index (χ0v) is 16.9. The molecule has 2 heterocycles. The van der Waals surface area contributed by atoms with E-state index in [4.69, 9.17) is 5.84 Å². The molecule has 0 aromatic carbocycles. The minimum Gasteiger partial charge on any atom is -0.368 e. The van der Waals surface area contributed by atoms with Crippen molar-refractivity contribution >= 4 is 11.7 Å². The topological polar surface area (TPSA) is 86.5 Å². The second-order valence-electron chi connectivity index (χ2n) is 6.83.